The summed E-state index contributed by atoms with van der Waals surface area (Å²) in [4.78, 5) is 12.3. The van der Waals surface area contributed by atoms with Crippen LogP contribution < -0.4 is 0 Å². The van der Waals surface area contributed by atoms with Gasteiger partial charge >= 0.3 is 0 Å². The van der Waals surface area contributed by atoms with Gasteiger partial charge in [0, 0.05) is 5.56 Å². The molecule has 0 saturated heterocycles. The minimum absolute atomic E-state index is 0.140. The van der Waals surface area contributed by atoms with E-state index in [1.54, 1.807) is 18.2 Å². The lowest BCUT2D eigenvalue weighted by atomic mass is 9.79. The normalized spacial score (nSPS) is 18.6. The van der Waals surface area contributed by atoms with Crippen molar-refractivity contribution in [3.63, 3.8) is 0 Å². The third-order valence-electron chi connectivity index (χ3n) is 3.74. The van der Waals surface area contributed by atoms with E-state index in [4.69, 9.17) is 0 Å². The molecule has 2 rings (SSSR count). The molecule has 1 aromatic rings. The predicted octanol–water partition coefficient (Wildman–Crippen LogP) is 2.24. The van der Waals surface area contributed by atoms with Crippen LogP contribution in [0.1, 0.15) is 53.6 Å². The van der Waals surface area contributed by atoms with Crippen molar-refractivity contribution in [3.8, 4) is 0 Å². The molecule has 0 unspecified atom stereocenters. The second-order valence-electron chi connectivity index (χ2n) is 5.06. The predicted molar refractivity (Wildman–Crippen MR) is 69.2 cm³/mol. The van der Waals surface area contributed by atoms with Gasteiger partial charge in [0.05, 0.1) is 6.61 Å². The number of carbonyl (C=O) groups excluding carboxylic acids is 1. The van der Waals surface area contributed by atoms with Gasteiger partial charge in [-0.2, -0.15) is 0 Å². The first kappa shape index (κ1) is 13.2. The number of benzene rings is 1. The molecule has 3 heteroatoms. The zero-order valence-electron chi connectivity index (χ0n) is 10.5. The summed E-state index contributed by atoms with van der Waals surface area (Å²) in [5.41, 5.74) is 0.606. The molecule has 1 aliphatic carbocycles. The minimum Gasteiger partial charge on any atom is -0.392 e. The molecule has 0 aliphatic heterocycles. The zero-order chi connectivity index (χ0) is 13.2. The molecule has 1 aliphatic rings. The summed E-state index contributed by atoms with van der Waals surface area (Å²) >= 11 is 0. The lowest BCUT2D eigenvalue weighted by Gasteiger charge is -2.30. The van der Waals surface area contributed by atoms with E-state index < -0.39 is 5.60 Å². The van der Waals surface area contributed by atoms with Gasteiger partial charge in [-0.3, -0.25) is 4.79 Å². The molecule has 1 radical (unpaired) electrons. The van der Waals surface area contributed by atoms with Gasteiger partial charge in [0.25, 0.3) is 0 Å². The third-order valence-corrected chi connectivity index (χ3v) is 3.74. The van der Waals surface area contributed by atoms with Crippen molar-refractivity contribution in [1.82, 2.24) is 0 Å². The largest absolute Gasteiger partial charge is 0.392 e. The van der Waals surface area contributed by atoms with Crippen molar-refractivity contribution in [3.05, 3.63) is 41.8 Å². The Balaban J connectivity index is 2.27. The third kappa shape index (κ3) is 2.47. The molecule has 1 fully saturated rings. The van der Waals surface area contributed by atoms with Crippen LogP contribution >= 0.6 is 0 Å². The van der Waals surface area contributed by atoms with Crippen molar-refractivity contribution < 1.29 is 15.0 Å². The Labute approximate surface area is 107 Å². The van der Waals surface area contributed by atoms with Crippen LogP contribution in [-0.2, 0) is 6.61 Å². The number of Topliss-reactive ketones (excluding diaryl/α,β-unsaturated/α-hetero) is 1. The highest BCUT2D eigenvalue weighted by Crippen LogP contribution is 2.31. The first-order valence-electron chi connectivity index (χ1n) is 6.40. The van der Waals surface area contributed by atoms with Gasteiger partial charge in [-0.05, 0) is 37.0 Å². The summed E-state index contributed by atoms with van der Waals surface area (Å²) in [5.74, 6) is -0.225. The number of ketones is 1. The lowest BCUT2D eigenvalue weighted by molar-refractivity contribution is 0.0116. The highest BCUT2D eigenvalue weighted by atomic mass is 16.3. The summed E-state index contributed by atoms with van der Waals surface area (Å²) in [5, 5.41) is 19.6. The molecule has 0 spiro atoms. The molecule has 18 heavy (non-hydrogen) atoms. The van der Waals surface area contributed by atoms with E-state index in [9.17, 15) is 15.0 Å². The number of hydrogen-bond donors (Lipinski definition) is 2. The molecule has 0 aromatic heterocycles. The molecular formula is C15H19O3. The van der Waals surface area contributed by atoms with Gasteiger partial charge < -0.3 is 10.2 Å². The maximum Gasteiger partial charge on any atom is 0.194 e. The maximum atomic E-state index is 12.3. The van der Waals surface area contributed by atoms with Gasteiger partial charge in [-0.1, -0.05) is 31.4 Å². The fourth-order valence-electron chi connectivity index (χ4n) is 2.55. The molecule has 0 atom stereocenters. The molecule has 3 nitrogen and oxygen atoms in total. The van der Waals surface area contributed by atoms with Crippen LogP contribution in [0.15, 0.2) is 18.2 Å². The Kier molecular flexibility index (Phi) is 3.83. The van der Waals surface area contributed by atoms with Crippen LogP contribution in [0.5, 0.6) is 0 Å². The molecule has 2 N–H and O–H groups in total. The highest BCUT2D eigenvalue weighted by Gasteiger charge is 2.37. The van der Waals surface area contributed by atoms with Crippen LogP contribution in [0.3, 0.4) is 0 Å². The number of rotatable bonds is 3. The van der Waals surface area contributed by atoms with Gasteiger partial charge in [0.2, 0.25) is 0 Å². The van der Waals surface area contributed by atoms with E-state index >= 15 is 0 Å². The SMILES string of the molecule is [CH2]c1ccc(C(=O)C2(O)CCCCC2)cc1CO. The molecule has 1 aromatic carbocycles. The van der Waals surface area contributed by atoms with Crippen LogP contribution in [-0.4, -0.2) is 21.6 Å². The van der Waals surface area contributed by atoms with Gasteiger partial charge in [-0.15, -0.1) is 0 Å². The number of aliphatic hydroxyl groups is 2. The maximum absolute atomic E-state index is 12.3. The smallest absolute Gasteiger partial charge is 0.194 e. The van der Waals surface area contributed by atoms with Gasteiger partial charge in [0.1, 0.15) is 5.60 Å². The number of aliphatic hydroxyl groups excluding tert-OH is 1. The summed E-state index contributed by atoms with van der Waals surface area (Å²) in [6, 6.07) is 5.03. The first-order chi connectivity index (χ1) is 8.57. The van der Waals surface area contributed by atoms with Gasteiger partial charge in [-0.25, -0.2) is 0 Å². The van der Waals surface area contributed by atoms with Crippen LogP contribution in [0.25, 0.3) is 0 Å². The van der Waals surface area contributed by atoms with E-state index in [0.29, 0.717) is 29.5 Å². The first-order valence-corrected chi connectivity index (χ1v) is 6.40. The summed E-state index contributed by atoms with van der Waals surface area (Å²) in [6.45, 7) is 3.65. The Hall–Kier alpha value is -1.19. The fourth-order valence-corrected chi connectivity index (χ4v) is 2.55. The lowest BCUT2D eigenvalue weighted by Crippen LogP contribution is -2.40. The average molecular weight is 247 g/mol. The average Bonchev–Trinajstić information content (AvgIpc) is 2.39. The Morgan fingerprint density at radius 3 is 2.56 bits per heavy atom. The summed E-state index contributed by atoms with van der Waals surface area (Å²) in [6.07, 6.45) is 3.93. The van der Waals surface area contributed by atoms with E-state index in [1.807, 2.05) is 0 Å². The molecule has 97 valence electrons. The Bertz CT molecular complexity index is 445. The van der Waals surface area contributed by atoms with Crippen molar-refractivity contribution in [1.29, 1.82) is 0 Å². The second kappa shape index (κ2) is 5.21. The van der Waals surface area contributed by atoms with E-state index in [2.05, 4.69) is 6.92 Å². The zero-order valence-corrected chi connectivity index (χ0v) is 10.5. The highest BCUT2D eigenvalue weighted by molar-refractivity contribution is 6.02. The molecule has 0 amide bonds. The van der Waals surface area contributed by atoms with Crippen molar-refractivity contribution in [2.24, 2.45) is 0 Å². The summed E-state index contributed by atoms with van der Waals surface area (Å²) in [7, 11) is 0. The quantitative estimate of drug-likeness (QED) is 0.805. The van der Waals surface area contributed by atoms with Crippen molar-refractivity contribution >= 4 is 5.78 Å². The van der Waals surface area contributed by atoms with Crippen LogP contribution in [0.2, 0.25) is 0 Å². The topological polar surface area (TPSA) is 57.5 Å². The molecule has 0 bridgehead atoms. The number of carbonyl (C=O) groups is 1. The fraction of sp³-hybridized carbons (Fsp3) is 0.467. The second-order valence-corrected chi connectivity index (χ2v) is 5.06. The Morgan fingerprint density at radius 2 is 1.94 bits per heavy atom. The van der Waals surface area contributed by atoms with E-state index in [1.165, 1.54) is 0 Å². The van der Waals surface area contributed by atoms with E-state index in [-0.39, 0.29) is 12.4 Å². The van der Waals surface area contributed by atoms with Crippen molar-refractivity contribution in [2.75, 3.05) is 0 Å². The number of hydrogen-bond acceptors (Lipinski definition) is 3. The van der Waals surface area contributed by atoms with Crippen molar-refractivity contribution in [2.45, 2.75) is 44.3 Å². The molecular weight excluding hydrogens is 228 g/mol. The molecule has 1 saturated carbocycles. The Morgan fingerprint density at radius 1 is 1.28 bits per heavy atom. The minimum atomic E-state index is -1.21. The van der Waals surface area contributed by atoms with Gasteiger partial charge in [0.15, 0.2) is 5.78 Å². The summed E-state index contributed by atoms with van der Waals surface area (Å²) < 4.78 is 0. The standard InChI is InChI=1S/C15H19O3/c1-11-5-6-12(9-13(11)10-16)14(17)15(18)7-3-2-4-8-15/h5-6,9,16,18H,1-4,7-8,10H2. The molecule has 0 heterocycles. The van der Waals surface area contributed by atoms with Crippen LogP contribution in [0, 0.1) is 6.92 Å². The van der Waals surface area contributed by atoms with E-state index in [0.717, 1.165) is 19.3 Å². The van der Waals surface area contributed by atoms with Crippen LogP contribution in [0.4, 0.5) is 0 Å². The monoisotopic (exact) mass is 247 g/mol.